The van der Waals surface area contributed by atoms with Crippen molar-refractivity contribution >= 4 is 34.2 Å². The van der Waals surface area contributed by atoms with Crippen LogP contribution < -0.4 is 10.1 Å². The standard InChI is InChI=1S/C31H31ClN2O3/c1-22(2)33-31(36)28(19-23-10-4-3-5-11-23)34(20-24-12-8-15-26(32)18-24)30(35)21-37-29-17-9-14-25-13-6-7-16-27(25)29/h3-18,22,28H,19-21H2,1-2H3,(H,33,36)/t28-/m1/s1. The fraction of sp³-hybridized carbons (Fsp3) is 0.226. The van der Waals surface area contributed by atoms with Crippen molar-refractivity contribution in [3.05, 3.63) is 113 Å². The molecule has 190 valence electrons. The number of fused-ring (bicyclic) bond motifs is 1. The lowest BCUT2D eigenvalue weighted by atomic mass is 10.0. The number of hydrogen-bond donors (Lipinski definition) is 1. The van der Waals surface area contributed by atoms with Gasteiger partial charge >= 0.3 is 0 Å². The van der Waals surface area contributed by atoms with E-state index in [1.165, 1.54) is 0 Å². The number of rotatable bonds is 10. The van der Waals surface area contributed by atoms with Gasteiger partial charge in [-0.3, -0.25) is 9.59 Å². The van der Waals surface area contributed by atoms with E-state index in [-0.39, 0.29) is 31.0 Å². The Morgan fingerprint density at radius 3 is 2.30 bits per heavy atom. The fourth-order valence-electron chi connectivity index (χ4n) is 4.31. The fourth-order valence-corrected chi connectivity index (χ4v) is 4.52. The third-order valence-corrected chi connectivity index (χ3v) is 6.28. The highest BCUT2D eigenvalue weighted by Crippen LogP contribution is 2.25. The molecule has 1 N–H and O–H groups in total. The van der Waals surface area contributed by atoms with E-state index in [2.05, 4.69) is 5.32 Å². The number of carbonyl (C=O) groups excluding carboxylic acids is 2. The van der Waals surface area contributed by atoms with E-state index in [1.807, 2.05) is 105 Å². The van der Waals surface area contributed by atoms with Crippen LogP contribution in [0.15, 0.2) is 97.1 Å². The normalized spacial score (nSPS) is 11.8. The first kappa shape index (κ1) is 26.2. The summed E-state index contributed by atoms with van der Waals surface area (Å²) < 4.78 is 6.04. The Kier molecular flexibility index (Phi) is 8.81. The lowest BCUT2D eigenvalue weighted by molar-refractivity contribution is -0.143. The molecule has 0 unspecified atom stereocenters. The molecule has 0 fully saturated rings. The summed E-state index contributed by atoms with van der Waals surface area (Å²) in [6.07, 6.45) is 0.375. The molecular weight excluding hydrogens is 484 g/mol. The maximum absolute atomic E-state index is 13.8. The van der Waals surface area contributed by atoms with Crippen LogP contribution in [0.3, 0.4) is 0 Å². The van der Waals surface area contributed by atoms with E-state index in [9.17, 15) is 9.59 Å². The van der Waals surface area contributed by atoms with Gasteiger partial charge < -0.3 is 15.0 Å². The molecule has 4 aromatic carbocycles. The van der Waals surface area contributed by atoms with Crippen LogP contribution in [0.2, 0.25) is 5.02 Å². The molecule has 0 radical (unpaired) electrons. The number of nitrogens with one attached hydrogen (secondary N) is 1. The molecule has 1 atom stereocenters. The number of halogens is 1. The predicted octanol–water partition coefficient (Wildman–Crippen LogP) is 6.04. The minimum atomic E-state index is -0.729. The molecule has 2 amide bonds. The van der Waals surface area contributed by atoms with Gasteiger partial charge in [0, 0.05) is 29.4 Å². The van der Waals surface area contributed by atoms with Crippen molar-refractivity contribution in [1.29, 1.82) is 0 Å². The van der Waals surface area contributed by atoms with Crippen LogP contribution in [-0.2, 0) is 22.6 Å². The van der Waals surface area contributed by atoms with Gasteiger partial charge in [0.2, 0.25) is 5.91 Å². The first-order chi connectivity index (χ1) is 17.9. The van der Waals surface area contributed by atoms with Gasteiger partial charge in [0.15, 0.2) is 6.61 Å². The zero-order valence-electron chi connectivity index (χ0n) is 21.1. The summed E-state index contributed by atoms with van der Waals surface area (Å²) in [5.74, 6) is 0.132. The van der Waals surface area contributed by atoms with E-state index in [4.69, 9.17) is 16.3 Å². The Bertz CT molecular complexity index is 1350. The molecule has 37 heavy (non-hydrogen) atoms. The quantitative estimate of drug-likeness (QED) is 0.281. The second kappa shape index (κ2) is 12.4. The van der Waals surface area contributed by atoms with Crippen LogP contribution >= 0.6 is 11.6 Å². The van der Waals surface area contributed by atoms with Crippen molar-refractivity contribution < 1.29 is 14.3 Å². The second-order valence-corrected chi connectivity index (χ2v) is 9.72. The highest BCUT2D eigenvalue weighted by Gasteiger charge is 2.31. The Hall–Kier alpha value is -3.83. The van der Waals surface area contributed by atoms with Crippen molar-refractivity contribution in [2.24, 2.45) is 0 Å². The van der Waals surface area contributed by atoms with Crippen LogP contribution in [0.5, 0.6) is 5.75 Å². The number of nitrogens with zero attached hydrogens (tertiary/aromatic N) is 1. The van der Waals surface area contributed by atoms with Gasteiger partial charge in [0.1, 0.15) is 11.8 Å². The molecule has 4 rings (SSSR count). The van der Waals surface area contributed by atoms with Gasteiger partial charge in [-0.15, -0.1) is 0 Å². The van der Waals surface area contributed by atoms with Gasteiger partial charge in [-0.25, -0.2) is 0 Å². The van der Waals surface area contributed by atoms with Gasteiger partial charge in [-0.05, 0) is 48.6 Å². The summed E-state index contributed by atoms with van der Waals surface area (Å²) in [4.78, 5) is 28.8. The maximum Gasteiger partial charge on any atom is 0.261 e. The molecule has 6 heteroatoms. The smallest absolute Gasteiger partial charge is 0.261 e. The highest BCUT2D eigenvalue weighted by atomic mass is 35.5. The number of ether oxygens (including phenoxy) is 1. The Labute approximate surface area is 223 Å². The first-order valence-corrected chi connectivity index (χ1v) is 12.8. The van der Waals surface area contributed by atoms with E-state index in [1.54, 1.807) is 11.0 Å². The van der Waals surface area contributed by atoms with Gasteiger partial charge in [0.25, 0.3) is 5.91 Å². The van der Waals surface area contributed by atoms with Crippen LogP contribution in [0.4, 0.5) is 0 Å². The predicted molar refractivity (Wildman–Crippen MR) is 149 cm³/mol. The second-order valence-electron chi connectivity index (χ2n) is 9.29. The number of hydrogen-bond acceptors (Lipinski definition) is 3. The molecule has 0 bridgehead atoms. The molecule has 5 nitrogen and oxygen atoms in total. The minimum absolute atomic E-state index is 0.0687. The number of amides is 2. The monoisotopic (exact) mass is 514 g/mol. The summed E-state index contributed by atoms with van der Waals surface area (Å²) in [5.41, 5.74) is 1.80. The van der Waals surface area contributed by atoms with Crippen molar-refractivity contribution in [3.8, 4) is 5.75 Å². The lowest BCUT2D eigenvalue weighted by Gasteiger charge is -2.32. The lowest BCUT2D eigenvalue weighted by Crippen LogP contribution is -2.52. The van der Waals surface area contributed by atoms with Crippen LogP contribution in [0.25, 0.3) is 10.8 Å². The molecule has 0 aromatic heterocycles. The zero-order chi connectivity index (χ0) is 26.2. The Morgan fingerprint density at radius 1 is 0.865 bits per heavy atom. The molecule has 0 heterocycles. The van der Waals surface area contributed by atoms with Gasteiger partial charge in [-0.1, -0.05) is 90.5 Å². The number of carbonyl (C=O) groups is 2. The Morgan fingerprint density at radius 2 is 1.54 bits per heavy atom. The average molecular weight is 515 g/mol. The van der Waals surface area contributed by atoms with Crippen molar-refractivity contribution in [2.45, 2.75) is 38.9 Å². The van der Waals surface area contributed by atoms with E-state index < -0.39 is 6.04 Å². The summed E-state index contributed by atoms with van der Waals surface area (Å²) in [6, 6.07) is 29.9. The van der Waals surface area contributed by atoms with E-state index in [0.717, 1.165) is 21.9 Å². The highest BCUT2D eigenvalue weighted by molar-refractivity contribution is 6.30. The topological polar surface area (TPSA) is 58.6 Å². The summed E-state index contributed by atoms with van der Waals surface area (Å²) >= 11 is 6.24. The summed E-state index contributed by atoms with van der Waals surface area (Å²) in [6.45, 7) is 3.84. The molecule has 0 spiro atoms. The summed E-state index contributed by atoms with van der Waals surface area (Å²) in [5, 5.41) is 5.52. The largest absolute Gasteiger partial charge is 0.483 e. The maximum atomic E-state index is 13.8. The van der Waals surface area contributed by atoms with Crippen molar-refractivity contribution in [2.75, 3.05) is 6.61 Å². The van der Waals surface area contributed by atoms with Crippen LogP contribution in [0.1, 0.15) is 25.0 Å². The van der Waals surface area contributed by atoms with Gasteiger partial charge in [-0.2, -0.15) is 0 Å². The summed E-state index contributed by atoms with van der Waals surface area (Å²) in [7, 11) is 0. The Balaban J connectivity index is 1.64. The molecule has 0 saturated heterocycles. The van der Waals surface area contributed by atoms with Gasteiger partial charge in [0.05, 0.1) is 0 Å². The average Bonchev–Trinajstić information content (AvgIpc) is 2.89. The third kappa shape index (κ3) is 7.11. The number of benzene rings is 4. The third-order valence-electron chi connectivity index (χ3n) is 6.04. The minimum Gasteiger partial charge on any atom is -0.483 e. The molecule has 0 aliphatic rings. The van der Waals surface area contributed by atoms with Crippen LogP contribution in [0, 0.1) is 0 Å². The molecule has 0 aliphatic carbocycles. The van der Waals surface area contributed by atoms with Crippen molar-refractivity contribution in [3.63, 3.8) is 0 Å². The first-order valence-electron chi connectivity index (χ1n) is 12.4. The SMILES string of the molecule is CC(C)NC(=O)[C@@H](Cc1ccccc1)N(Cc1cccc(Cl)c1)C(=O)COc1cccc2ccccc12. The molecule has 0 aliphatic heterocycles. The van der Waals surface area contributed by atoms with Crippen molar-refractivity contribution in [1.82, 2.24) is 10.2 Å². The van der Waals surface area contributed by atoms with Crippen LogP contribution in [-0.4, -0.2) is 35.4 Å². The van der Waals surface area contributed by atoms with E-state index >= 15 is 0 Å². The van der Waals surface area contributed by atoms with E-state index in [0.29, 0.717) is 17.2 Å². The molecule has 4 aromatic rings. The molecule has 0 saturated carbocycles. The molecular formula is C31H31ClN2O3. The zero-order valence-corrected chi connectivity index (χ0v) is 21.8.